The summed E-state index contributed by atoms with van der Waals surface area (Å²) in [6.07, 6.45) is 0.857. The molecule has 32 heavy (non-hydrogen) atoms. The molecular weight excluding hydrogens is 424 g/mol. The second kappa shape index (κ2) is 8.92. The normalized spacial score (nSPS) is 13.0. The van der Waals surface area contributed by atoms with E-state index in [1.54, 1.807) is 0 Å². The van der Waals surface area contributed by atoms with Gasteiger partial charge in [-0.1, -0.05) is 48.2 Å². The number of benzene rings is 3. The molecule has 0 aliphatic carbocycles. The van der Waals surface area contributed by atoms with E-state index >= 15 is 0 Å². The van der Waals surface area contributed by atoms with Crippen LogP contribution in [0.1, 0.15) is 6.42 Å². The summed E-state index contributed by atoms with van der Waals surface area (Å²) in [4.78, 5) is 12.6. The van der Waals surface area contributed by atoms with Gasteiger partial charge < -0.3 is 19.4 Å². The molecule has 0 radical (unpaired) electrons. The molecule has 5 rings (SSSR count). The Morgan fingerprint density at radius 2 is 1.84 bits per heavy atom. The van der Waals surface area contributed by atoms with E-state index < -0.39 is 0 Å². The number of rotatable bonds is 5. The molecule has 0 bridgehead atoms. The van der Waals surface area contributed by atoms with Crippen molar-refractivity contribution in [2.24, 2.45) is 7.05 Å². The van der Waals surface area contributed by atoms with E-state index in [4.69, 9.17) is 9.47 Å². The molecule has 4 aromatic rings. The molecule has 3 aromatic carbocycles. The summed E-state index contributed by atoms with van der Waals surface area (Å²) >= 11 is 1.35. The van der Waals surface area contributed by atoms with Crippen molar-refractivity contribution in [2.75, 3.05) is 24.3 Å². The van der Waals surface area contributed by atoms with E-state index in [-0.39, 0.29) is 11.7 Å². The Balaban J connectivity index is 1.28. The number of nitrogens with zero attached hydrogens (tertiary/aromatic N) is 3. The fraction of sp³-hybridized carbons (Fsp3) is 0.208. The predicted molar refractivity (Wildman–Crippen MR) is 125 cm³/mol. The van der Waals surface area contributed by atoms with E-state index in [2.05, 4.69) is 15.5 Å². The number of fused-ring (bicyclic) bond motifs is 2. The van der Waals surface area contributed by atoms with Gasteiger partial charge >= 0.3 is 0 Å². The van der Waals surface area contributed by atoms with Crippen molar-refractivity contribution >= 4 is 34.1 Å². The van der Waals surface area contributed by atoms with Gasteiger partial charge in [-0.15, -0.1) is 10.2 Å². The topological polar surface area (TPSA) is 78.3 Å². The molecule has 0 atom stereocenters. The van der Waals surface area contributed by atoms with Crippen LogP contribution >= 0.6 is 11.8 Å². The zero-order valence-electron chi connectivity index (χ0n) is 17.6. The molecule has 0 unspecified atom stereocenters. The van der Waals surface area contributed by atoms with Crippen molar-refractivity contribution in [3.8, 4) is 22.9 Å². The Labute approximate surface area is 189 Å². The highest BCUT2D eigenvalue weighted by Crippen LogP contribution is 2.34. The Morgan fingerprint density at radius 3 is 2.75 bits per heavy atom. The Hall–Kier alpha value is -3.52. The first-order chi connectivity index (χ1) is 15.7. The van der Waals surface area contributed by atoms with Crippen LogP contribution in [0.3, 0.4) is 0 Å². The second-order valence-electron chi connectivity index (χ2n) is 7.44. The van der Waals surface area contributed by atoms with Gasteiger partial charge in [-0.2, -0.15) is 0 Å². The summed E-state index contributed by atoms with van der Waals surface area (Å²) in [6, 6.07) is 19.6. The lowest BCUT2D eigenvalue weighted by atomic mass is 10.1. The number of carbonyl (C=O) groups excluding carboxylic acids is 1. The van der Waals surface area contributed by atoms with Gasteiger partial charge in [0.2, 0.25) is 5.91 Å². The summed E-state index contributed by atoms with van der Waals surface area (Å²) in [5, 5.41) is 14.4. The van der Waals surface area contributed by atoms with Crippen LogP contribution in [-0.2, 0) is 11.8 Å². The van der Waals surface area contributed by atoms with Gasteiger partial charge in [0.15, 0.2) is 22.5 Å². The van der Waals surface area contributed by atoms with Gasteiger partial charge in [-0.05, 0) is 29.7 Å². The highest BCUT2D eigenvalue weighted by atomic mass is 32.2. The Morgan fingerprint density at radius 1 is 1.03 bits per heavy atom. The summed E-state index contributed by atoms with van der Waals surface area (Å²) in [7, 11) is 1.89. The van der Waals surface area contributed by atoms with E-state index in [1.807, 2.05) is 72.3 Å². The quantitative estimate of drug-likeness (QED) is 0.454. The minimum atomic E-state index is -0.0912. The number of hydrogen-bond acceptors (Lipinski definition) is 6. The molecular formula is C24H22N4O3S. The molecule has 1 amide bonds. The van der Waals surface area contributed by atoms with Gasteiger partial charge in [0.25, 0.3) is 0 Å². The van der Waals surface area contributed by atoms with Crippen LogP contribution in [0, 0.1) is 0 Å². The molecule has 1 aliphatic heterocycles. The monoisotopic (exact) mass is 446 g/mol. The average molecular weight is 447 g/mol. The van der Waals surface area contributed by atoms with Crippen LogP contribution in [0.25, 0.3) is 22.2 Å². The number of carbonyl (C=O) groups is 1. The molecule has 0 fully saturated rings. The zero-order chi connectivity index (χ0) is 21.9. The van der Waals surface area contributed by atoms with Crippen LogP contribution in [0.5, 0.6) is 11.5 Å². The maximum absolute atomic E-state index is 12.6. The van der Waals surface area contributed by atoms with Crippen molar-refractivity contribution in [1.82, 2.24) is 14.8 Å². The minimum Gasteiger partial charge on any atom is -0.490 e. The maximum atomic E-state index is 12.6. The predicted octanol–water partition coefficient (Wildman–Crippen LogP) is 4.53. The van der Waals surface area contributed by atoms with E-state index in [1.165, 1.54) is 11.8 Å². The molecule has 0 spiro atoms. The lowest BCUT2D eigenvalue weighted by Gasteiger charge is -2.10. The van der Waals surface area contributed by atoms with Gasteiger partial charge in [0.1, 0.15) is 0 Å². The number of hydrogen-bond donors (Lipinski definition) is 1. The van der Waals surface area contributed by atoms with Crippen molar-refractivity contribution in [3.05, 3.63) is 60.7 Å². The van der Waals surface area contributed by atoms with Crippen molar-refractivity contribution in [2.45, 2.75) is 11.6 Å². The largest absolute Gasteiger partial charge is 0.490 e. The molecule has 7 nitrogen and oxygen atoms in total. The summed E-state index contributed by atoms with van der Waals surface area (Å²) in [6.45, 7) is 1.28. The van der Waals surface area contributed by atoms with Crippen LogP contribution < -0.4 is 14.8 Å². The van der Waals surface area contributed by atoms with E-state index in [0.717, 1.165) is 34.2 Å². The first-order valence-corrected chi connectivity index (χ1v) is 11.4. The first-order valence-electron chi connectivity index (χ1n) is 10.4. The molecule has 2 heterocycles. The highest BCUT2D eigenvalue weighted by molar-refractivity contribution is 7.99. The number of thioether (sulfide) groups is 1. The molecule has 1 aliphatic rings. The zero-order valence-corrected chi connectivity index (χ0v) is 18.4. The van der Waals surface area contributed by atoms with Crippen LogP contribution in [0.4, 0.5) is 5.69 Å². The fourth-order valence-corrected chi connectivity index (χ4v) is 4.36. The minimum absolute atomic E-state index is 0.0912. The third-order valence-electron chi connectivity index (χ3n) is 5.24. The van der Waals surface area contributed by atoms with Crippen LogP contribution in [0.2, 0.25) is 0 Å². The van der Waals surface area contributed by atoms with E-state index in [9.17, 15) is 4.79 Å². The Kier molecular flexibility index (Phi) is 5.68. The number of amides is 1. The number of ether oxygens (including phenoxy) is 2. The van der Waals surface area contributed by atoms with Crippen molar-refractivity contribution < 1.29 is 14.3 Å². The van der Waals surface area contributed by atoms with Gasteiger partial charge in [0.05, 0.1) is 19.0 Å². The fourth-order valence-electron chi connectivity index (χ4n) is 3.65. The number of nitrogens with one attached hydrogen (secondary N) is 1. The van der Waals surface area contributed by atoms with Crippen LogP contribution in [-0.4, -0.2) is 39.6 Å². The van der Waals surface area contributed by atoms with E-state index in [0.29, 0.717) is 29.9 Å². The van der Waals surface area contributed by atoms with Gasteiger partial charge in [0, 0.05) is 30.1 Å². The maximum Gasteiger partial charge on any atom is 0.234 e. The standard InChI is InChI=1S/C24H22N4O3S/c1-28-23(17-10-11-20-21(14-17)31-13-5-12-30-20)26-27-24(28)32-15-22(29)25-19-9-4-7-16-6-2-3-8-18(16)19/h2-4,6-11,14H,5,12-13,15H2,1H3,(H,25,29). The number of aromatic nitrogens is 3. The second-order valence-corrected chi connectivity index (χ2v) is 8.38. The van der Waals surface area contributed by atoms with Crippen LogP contribution in [0.15, 0.2) is 65.8 Å². The van der Waals surface area contributed by atoms with Crippen molar-refractivity contribution in [1.29, 1.82) is 0 Å². The van der Waals surface area contributed by atoms with Crippen molar-refractivity contribution in [3.63, 3.8) is 0 Å². The molecule has 0 saturated heterocycles. The molecule has 8 heteroatoms. The third kappa shape index (κ3) is 4.13. The Bertz CT molecular complexity index is 1280. The lowest BCUT2D eigenvalue weighted by molar-refractivity contribution is -0.113. The highest BCUT2D eigenvalue weighted by Gasteiger charge is 2.17. The average Bonchev–Trinajstić information content (AvgIpc) is 3.02. The summed E-state index contributed by atoms with van der Waals surface area (Å²) in [5.74, 6) is 2.31. The molecule has 1 N–H and O–H groups in total. The number of anilines is 1. The SMILES string of the molecule is Cn1c(SCC(=O)Nc2cccc3ccccc23)nnc1-c1ccc2c(c1)OCCCO2. The third-order valence-corrected chi connectivity index (χ3v) is 6.26. The van der Waals surface area contributed by atoms with Gasteiger partial charge in [-0.25, -0.2) is 0 Å². The first kappa shape index (κ1) is 20.4. The molecule has 162 valence electrons. The summed E-state index contributed by atoms with van der Waals surface area (Å²) in [5.41, 5.74) is 1.69. The lowest BCUT2D eigenvalue weighted by Crippen LogP contribution is -2.14. The van der Waals surface area contributed by atoms with Gasteiger partial charge in [-0.3, -0.25) is 4.79 Å². The molecule has 1 aromatic heterocycles. The molecule has 0 saturated carbocycles. The smallest absolute Gasteiger partial charge is 0.234 e. The summed E-state index contributed by atoms with van der Waals surface area (Å²) < 4.78 is 13.4.